The lowest BCUT2D eigenvalue weighted by Gasteiger charge is -2.02. The molecule has 20 heavy (non-hydrogen) atoms. The second kappa shape index (κ2) is 5.17. The number of rotatable bonds is 3. The third-order valence-corrected chi connectivity index (χ3v) is 3.09. The zero-order valence-electron chi connectivity index (χ0n) is 11.1. The molecular formula is C16H14N2O2. The van der Waals surface area contributed by atoms with E-state index in [1.807, 2.05) is 37.3 Å². The Morgan fingerprint density at radius 1 is 1.30 bits per heavy atom. The van der Waals surface area contributed by atoms with Crippen molar-refractivity contribution in [2.24, 2.45) is 0 Å². The number of anilines is 1. The average Bonchev–Trinajstić information content (AvgIpc) is 2.82. The number of pyridine rings is 1. The van der Waals surface area contributed by atoms with Crippen LogP contribution in [0.1, 0.15) is 11.1 Å². The molecule has 4 nitrogen and oxygen atoms in total. The Hall–Kier alpha value is -2.62. The zero-order chi connectivity index (χ0) is 13.9. The largest absolute Gasteiger partial charge is 0.464 e. The number of hydrogen-bond acceptors (Lipinski definition) is 3. The van der Waals surface area contributed by atoms with E-state index in [1.54, 1.807) is 18.5 Å². The molecule has 1 N–H and O–H groups in total. The minimum absolute atomic E-state index is 0.105. The number of benzene rings is 1. The van der Waals surface area contributed by atoms with Crippen LogP contribution in [-0.4, -0.2) is 10.9 Å². The van der Waals surface area contributed by atoms with E-state index in [0.29, 0.717) is 5.82 Å². The highest BCUT2D eigenvalue weighted by atomic mass is 16.3. The maximum absolute atomic E-state index is 12.0. The van der Waals surface area contributed by atoms with E-state index in [0.717, 1.165) is 22.1 Å². The van der Waals surface area contributed by atoms with Crippen molar-refractivity contribution in [3.8, 4) is 0 Å². The highest BCUT2D eigenvalue weighted by Crippen LogP contribution is 2.22. The maximum Gasteiger partial charge on any atom is 0.230 e. The van der Waals surface area contributed by atoms with Crippen molar-refractivity contribution >= 4 is 22.7 Å². The number of furan rings is 1. The molecule has 0 unspecified atom stereocenters. The van der Waals surface area contributed by atoms with Crippen LogP contribution in [-0.2, 0) is 11.2 Å². The summed E-state index contributed by atoms with van der Waals surface area (Å²) in [7, 11) is 0. The van der Waals surface area contributed by atoms with Gasteiger partial charge < -0.3 is 9.73 Å². The summed E-state index contributed by atoms with van der Waals surface area (Å²) >= 11 is 0. The Morgan fingerprint density at radius 3 is 3.00 bits per heavy atom. The molecule has 0 aliphatic rings. The van der Waals surface area contributed by atoms with Crippen molar-refractivity contribution in [1.29, 1.82) is 0 Å². The summed E-state index contributed by atoms with van der Waals surface area (Å²) in [6, 6.07) is 11.4. The van der Waals surface area contributed by atoms with Crippen molar-refractivity contribution in [3.63, 3.8) is 0 Å². The van der Waals surface area contributed by atoms with Crippen LogP contribution in [0, 0.1) is 6.92 Å². The molecule has 2 heterocycles. The maximum atomic E-state index is 12.0. The van der Waals surface area contributed by atoms with Crippen LogP contribution in [0.3, 0.4) is 0 Å². The standard InChI is InChI=1S/C16H14N2O2/c1-11-5-6-13-12(10-20-14(13)8-11)9-16(19)18-15-4-2-3-7-17-15/h2-8,10H,9H2,1H3,(H,17,18,19). The van der Waals surface area contributed by atoms with Gasteiger partial charge in [0.1, 0.15) is 11.4 Å². The monoisotopic (exact) mass is 266 g/mol. The summed E-state index contributed by atoms with van der Waals surface area (Å²) in [5.41, 5.74) is 2.83. The van der Waals surface area contributed by atoms with E-state index in [1.165, 1.54) is 0 Å². The second-order valence-corrected chi connectivity index (χ2v) is 4.70. The van der Waals surface area contributed by atoms with Gasteiger partial charge in [0.2, 0.25) is 5.91 Å². The third-order valence-electron chi connectivity index (χ3n) is 3.09. The van der Waals surface area contributed by atoms with Crippen LogP contribution in [0.25, 0.3) is 11.0 Å². The lowest BCUT2D eigenvalue weighted by molar-refractivity contribution is -0.115. The minimum Gasteiger partial charge on any atom is -0.464 e. The first-order valence-electron chi connectivity index (χ1n) is 6.40. The van der Waals surface area contributed by atoms with E-state index >= 15 is 0 Å². The zero-order valence-corrected chi connectivity index (χ0v) is 11.1. The molecule has 0 saturated carbocycles. The van der Waals surface area contributed by atoms with E-state index in [2.05, 4.69) is 10.3 Å². The predicted molar refractivity (Wildman–Crippen MR) is 77.5 cm³/mol. The van der Waals surface area contributed by atoms with Gasteiger partial charge >= 0.3 is 0 Å². The number of amides is 1. The summed E-state index contributed by atoms with van der Waals surface area (Å²) in [5.74, 6) is 0.452. The van der Waals surface area contributed by atoms with Crippen LogP contribution < -0.4 is 5.32 Å². The highest BCUT2D eigenvalue weighted by Gasteiger charge is 2.10. The lowest BCUT2D eigenvalue weighted by Crippen LogP contribution is -2.14. The summed E-state index contributed by atoms with van der Waals surface area (Å²) in [6.45, 7) is 2.01. The van der Waals surface area contributed by atoms with Crippen molar-refractivity contribution in [2.75, 3.05) is 5.32 Å². The molecule has 0 aliphatic heterocycles. The number of aromatic nitrogens is 1. The molecule has 0 bridgehead atoms. The SMILES string of the molecule is Cc1ccc2c(CC(=O)Nc3ccccn3)coc2c1. The van der Waals surface area contributed by atoms with Gasteiger partial charge in [-0.2, -0.15) is 0 Å². The van der Waals surface area contributed by atoms with Gasteiger partial charge in [-0.15, -0.1) is 0 Å². The van der Waals surface area contributed by atoms with E-state index in [9.17, 15) is 4.79 Å². The van der Waals surface area contributed by atoms with Crippen molar-refractivity contribution in [3.05, 3.63) is 60.0 Å². The van der Waals surface area contributed by atoms with Crippen molar-refractivity contribution in [1.82, 2.24) is 4.98 Å². The number of nitrogens with zero attached hydrogens (tertiary/aromatic N) is 1. The molecule has 100 valence electrons. The fourth-order valence-electron chi connectivity index (χ4n) is 2.12. The topological polar surface area (TPSA) is 55.1 Å². The molecule has 3 rings (SSSR count). The smallest absolute Gasteiger partial charge is 0.230 e. The Kier molecular flexibility index (Phi) is 3.21. The summed E-state index contributed by atoms with van der Waals surface area (Å²) in [5, 5.41) is 3.74. The molecule has 0 aliphatic carbocycles. The fraction of sp³-hybridized carbons (Fsp3) is 0.125. The van der Waals surface area contributed by atoms with Gasteiger partial charge in [-0.05, 0) is 30.7 Å². The first kappa shape index (κ1) is 12.4. The van der Waals surface area contributed by atoms with Gasteiger partial charge in [0.05, 0.1) is 12.7 Å². The van der Waals surface area contributed by atoms with Crippen LogP contribution in [0.15, 0.2) is 53.3 Å². The van der Waals surface area contributed by atoms with Gasteiger partial charge in [-0.25, -0.2) is 4.98 Å². The number of carbonyl (C=O) groups is 1. The molecule has 0 radical (unpaired) electrons. The quantitative estimate of drug-likeness (QED) is 0.791. The van der Waals surface area contributed by atoms with E-state index in [4.69, 9.17) is 4.42 Å². The second-order valence-electron chi connectivity index (χ2n) is 4.70. The van der Waals surface area contributed by atoms with Crippen LogP contribution in [0.5, 0.6) is 0 Å². The highest BCUT2D eigenvalue weighted by molar-refractivity contribution is 5.94. The number of carbonyl (C=O) groups excluding carboxylic acids is 1. The van der Waals surface area contributed by atoms with Crippen LogP contribution in [0.2, 0.25) is 0 Å². The third kappa shape index (κ3) is 2.54. The minimum atomic E-state index is -0.105. The first-order chi connectivity index (χ1) is 9.72. The van der Waals surface area contributed by atoms with Crippen molar-refractivity contribution < 1.29 is 9.21 Å². The normalized spacial score (nSPS) is 10.7. The molecule has 0 fully saturated rings. The molecular weight excluding hydrogens is 252 g/mol. The molecule has 0 atom stereocenters. The van der Waals surface area contributed by atoms with Crippen molar-refractivity contribution in [2.45, 2.75) is 13.3 Å². The number of hydrogen-bond donors (Lipinski definition) is 1. The van der Waals surface area contributed by atoms with E-state index < -0.39 is 0 Å². The van der Waals surface area contributed by atoms with Crippen LogP contribution in [0.4, 0.5) is 5.82 Å². The number of aryl methyl sites for hydroxylation is 1. The van der Waals surface area contributed by atoms with Gasteiger partial charge in [-0.3, -0.25) is 4.79 Å². The number of nitrogens with one attached hydrogen (secondary N) is 1. The summed E-state index contributed by atoms with van der Waals surface area (Å²) in [4.78, 5) is 16.1. The number of fused-ring (bicyclic) bond motifs is 1. The average molecular weight is 266 g/mol. The Morgan fingerprint density at radius 2 is 2.20 bits per heavy atom. The molecule has 3 aromatic rings. The van der Waals surface area contributed by atoms with Gasteiger partial charge in [0.15, 0.2) is 0 Å². The van der Waals surface area contributed by atoms with Gasteiger partial charge in [0, 0.05) is 17.1 Å². The molecule has 0 spiro atoms. The lowest BCUT2D eigenvalue weighted by atomic mass is 10.1. The van der Waals surface area contributed by atoms with E-state index in [-0.39, 0.29) is 12.3 Å². The fourth-order valence-corrected chi connectivity index (χ4v) is 2.12. The molecule has 2 aromatic heterocycles. The predicted octanol–water partition coefficient (Wildman–Crippen LogP) is 3.32. The first-order valence-corrected chi connectivity index (χ1v) is 6.40. The molecule has 4 heteroatoms. The van der Waals surface area contributed by atoms with Gasteiger partial charge in [0.25, 0.3) is 0 Å². The van der Waals surface area contributed by atoms with Gasteiger partial charge in [-0.1, -0.05) is 18.2 Å². The summed E-state index contributed by atoms with van der Waals surface area (Å²) < 4.78 is 5.49. The van der Waals surface area contributed by atoms with Crippen LogP contribution >= 0.6 is 0 Å². The molecule has 1 amide bonds. The molecule has 0 saturated heterocycles. The Labute approximate surface area is 116 Å². The molecule has 1 aromatic carbocycles. The Balaban J connectivity index is 1.78. The Bertz CT molecular complexity index is 748. The summed E-state index contributed by atoms with van der Waals surface area (Å²) in [6.07, 6.45) is 3.56.